The first-order chi connectivity index (χ1) is 9.02. The van der Waals surface area contributed by atoms with E-state index in [2.05, 4.69) is 25.8 Å². The van der Waals surface area contributed by atoms with Crippen LogP contribution in [-0.2, 0) is 0 Å². The molecule has 0 radical (unpaired) electrons. The van der Waals surface area contributed by atoms with E-state index in [1.807, 2.05) is 24.3 Å². The zero-order chi connectivity index (χ0) is 14.3. The van der Waals surface area contributed by atoms with Gasteiger partial charge in [0.2, 0.25) is 0 Å². The number of rotatable bonds is 8. The summed E-state index contributed by atoms with van der Waals surface area (Å²) in [6.07, 6.45) is 1.21. The Bertz CT molecular complexity index is 409. The zero-order valence-electron chi connectivity index (χ0n) is 12.1. The monoisotopic (exact) mass is 280 g/mol. The number of ether oxygens (including phenoxy) is 1. The summed E-state index contributed by atoms with van der Waals surface area (Å²) in [7, 11) is 2.13. The molecule has 0 aliphatic rings. The summed E-state index contributed by atoms with van der Waals surface area (Å²) >= 11 is 4.95. The number of hydrogen-bond donors (Lipinski definition) is 1. The molecule has 0 saturated heterocycles. The lowest BCUT2D eigenvalue weighted by atomic mass is 10.1. The Hall–Kier alpha value is -1.13. The lowest BCUT2D eigenvalue weighted by Gasteiger charge is -2.20. The lowest BCUT2D eigenvalue weighted by molar-refractivity contribution is 0.217. The molecule has 0 fully saturated rings. The Morgan fingerprint density at radius 1 is 1.47 bits per heavy atom. The van der Waals surface area contributed by atoms with Crippen molar-refractivity contribution in [3.8, 4) is 5.75 Å². The van der Waals surface area contributed by atoms with E-state index in [9.17, 15) is 0 Å². The van der Waals surface area contributed by atoms with E-state index in [-0.39, 0.29) is 0 Å². The van der Waals surface area contributed by atoms with Crippen molar-refractivity contribution in [1.29, 1.82) is 0 Å². The van der Waals surface area contributed by atoms with Gasteiger partial charge >= 0.3 is 0 Å². The zero-order valence-corrected chi connectivity index (χ0v) is 12.9. The average molecular weight is 280 g/mol. The van der Waals surface area contributed by atoms with Crippen LogP contribution in [0.1, 0.15) is 25.8 Å². The van der Waals surface area contributed by atoms with Crippen molar-refractivity contribution < 1.29 is 4.74 Å². The summed E-state index contributed by atoms with van der Waals surface area (Å²) in [5, 5.41) is 0. The SMILES string of the molecule is CCC(C)CN(C)CCOc1cccc(C(N)=S)c1. The van der Waals surface area contributed by atoms with Gasteiger partial charge in [0.1, 0.15) is 17.3 Å². The number of benzene rings is 1. The maximum atomic E-state index is 5.73. The number of thiocarbonyl (C=S) groups is 1. The van der Waals surface area contributed by atoms with E-state index in [4.69, 9.17) is 22.7 Å². The van der Waals surface area contributed by atoms with E-state index in [0.717, 1.165) is 30.3 Å². The van der Waals surface area contributed by atoms with Gasteiger partial charge in [-0.1, -0.05) is 44.6 Å². The van der Waals surface area contributed by atoms with Gasteiger partial charge in [0.25, 0.3) is 0 Å². The van der Waals surface area contributed by atoms with Crippen molar-refractivity contribution in [3.63, 3.8) is 0 Å². The molecule has 1 atom stereocenters. The van der Waals surface area contributed by atoms with Crippen LogP contribution in [0.3, 0.4) is 0 Å². The molecule has 1 aromatic rings. The smallest absolute Gasteiger partial charge is 0.120 e. The quantitative estimate of drug-likeness (QED) is 0.743. The van der Waals surface area contributed by atoms with Crippen LogP contribution in [0.5, 0.6) is 5.75 Å². The van der Waals surface area contributed by atoms with E-state index in [1.54, 1.807) is 0 Å². The molecule has 2 N–H and O–H groups in total. The molecule has 0 heterocycles. The minimum atomic E-state index is 0.402. The van der Waals surface area contributed by atoms with Gasteiger partial charge in [-0.05, 0) is 25.1 Å². The molecule has 1 rings (SSSR count). The minimum absolute atomic E-state index is 0.402. The molecule has 0 aromatic heterocycles. The molecule has 3 nitrogen and oxygen atoms in total. The number of likely N-dealkylation sites (N-methyl/N-ethyl adjacent to an activating group) is 1. The van der Waals surface area contributed by atoms with Crippen LogP contribution < -0.4 is 10.5 Å². The first-order valence-corrected chi connectivity index (χ1v) is 7.15. The van der Waals surface area contributed by atoms with E-state index >= 15 is 0 Å². The first-order valence-electron chi connectivity index (χ1n) is 6.74. The lowest BCUT2D eigenvalue weighted by Crippen LogP contribution is -2.28. The Kier molecular flexibility index (Phi) is 6.81. The molecule has 0 aliphatic carbocycles. The van der Waals surface area contributed by atoms with Gasteiger partial charge in [0.15, 0.2) is 0 Å². The predicted molar refractivity (Wildman–Crippen MR) is 84.8 cm³/mol. The molecular formula is C15H24N2OS. The minimum Gasteiger partial charge on any atom is -0.492 e. The molecule has 0 bridgehead atoms. The standard InChI is InChI=1S/C15H24N2OS/c1-4-12(2)11-17(3)8-9-18-14-7-5-6-13(10-14)15(16)19/h5-7,10,12H,4,8-9,11H2,1-3H3,(H2,16,19). The van der Waals surface area contributed by atoms with Gasteiger partial charge in [0.05, 0.1) is 0 Å². The summed E-state index contributed by atoms with van der Waals surface area (Å²) < 4.78 is 5.73. The molecule has 0 spiro atoms. The summed E-state index contributed by atoms with van der Waals surface area (Å²) in [5.74, 6) is 1.55. The highest BCUT2D eigenvalue weighted by Crippen LogP contribution is 2.13. The third-order valence-electron chi connectivity index (χ3n) is 3.18. The molecule has 0 aliphatic heterocycles. The number of nitrogens with zero attached hydrogens (tertiary/aromatic N) is 1. The summed E-state index contributed by atoms with van der Waals surface area (Å²) in [6, 6.07) is 7.62. The van der Waals surface area contributed by atoms with Crippen LogP contribution >= 0.6 is 12.2 Å². The normalized spacial score (nSPS) is 12.4. The van der Waals surface area contributed by atoms with Crippen LogP contribution in [0.15, 0.2) is 24.3 Å². The van der Waals surface area contributed by atoms with Gasteiger partial charge in [-0.2, -0.15) is 0 Å². The molecule has 19 heavy (non-hydrogen) atoms. The number of nitrogens with two attached hydrogens (primary N) is 1. The molecule has 106 valence electrons. The van der Waals surface area contributed by atoms with Gasteiger partial charge in [-0.15, -0.1) is 0 Å². The fraction of sp³-hybridized carbons (Fsp3) is 0.533. The van der Waals surface area contributed by atoms with Crippen molar-refractivity contribution in [2.24, 2.45) is 11.7 Å². The second kappa shape index (κ2) is 8.12. The van der Waals surface area contributed by atoms with Crippen LogP contribution in [0.2, 0.25) is 0 Å². The molecule has 1 aromatic carbocycles. The van der Waals surface area contributed by atoms with Crippen molar-refractivity contribution >= 4 is 17.2 Å². The Labute approximate surface area is 121 Å². The molecule has 1 unspecified atom stereocenters. The fourth-order valence-corrected chi connectivity index (χ4v) is 1.94. The Morgan fingerprint density at radius 3 is 2.84 bits per heavy atom. The van der Waals surface area contributed by atoms with Crippen LogP contribution in [0.4, 0.5) is 0 Å². The van der Waals surface area contributed by atoms with Crippen LogP contribution in [-0.4, -0.2) is 36.6 Å². The summed E-state index contributed by atoms with van der Waals surface area (Å²) in [4.78, 5) is 2.70. The second-order valence-corrected chi connectivity index (χ2v) is 5.46. The Balaban J connectivity index is 2.36. The predicted octanol–water partition coefficient (Wildman–Crippen LogP) is 2.68. The van der Waals surface area contributed by atoms with Gasteiger partial charge in [-0.25, -0.2) is 0 Å². The highest BCUT2D eigenvalue weighted by Gasteiger charge is 2.05. The highest BCUT2D eigenvalue weighted by molar-refractivity contribution is 7.80. The van der Waals surface area contributed by atoms with Crippen molar-refractivity contribution in [1.82, 2.24) is 4.90 Å². The summed E-state index contributed by atoms with van der Waals surface area (Å²) in [5.41, 5.74) is 6.44. The van der Waals surface area contributed by atoms with Crippen molar-refractivity contribution in [2.75, 3.05) is 26.7 Å². The molecule has 0 saturated carbocycles. The maximum Gasteiger partial charge on any atom is 0.120 e. The second-order valence-electron chi connectivity index (χ2n) is 5.02. The first kappa shape index (κ1) is 15.9. The topological polar surface area (TPSA) is 38.5 Å². The van der Waals surface area contributed by atoms with E-state index in [0.29, 0.717) is 11.6 Å². The maximum absolute atomic E-state index is 5.73. The van der Waals surface area contributed by atoms with Gasteiger partial charge in [-0.3, -0.25) is 0 Å². The molecular weight excluding hydrogens is 256 g/mol. The van der Waals surface area contributed by atoms with Gasteiger partial charge < -0.3 is 15.4 Å². The average Bonchev–Trinajstić information content (AvgIpc) is 2.38. The molecule has 0 amide bonds. The van der Waals surface area contributed by atoms with E-state index < -0.39 is 0 Å². The largest absolute Gasteiger partial charge is 0.492 e. The highest BCUT2D eigenvalue weighted by atomic mass is 32.1. The fourth-order valence-electron chi connectivity index (χ4n) is 1.81. The Morgan fingerprint density at radius 2 is 2.21 bits per heavy atom. The number of hydrogen-bond acceptors (Lipinski definition) is 3. The van der Waals surface area contributed by atoms with E-state index in [1.165, 1.54) is 6.42 Å². The van der Waals surface area contributed by atoms with Crippen LogP contribution in [0.25, 0.3) is 0 Å². The van der Waals surface area contributed by atoms with Crippen molar-refractivity contribution in [2.45, 2.75) is 20.3 Å². The third-order valence-corrected chi connectivity index (χ3v) is 3.42. The van der Waals surface area contributed by atoms with Crippen molar-refractivity contribution in [3.05, 3.63) is 29.8 Å². The van der Waals surface area contributed by atoms with Gasteiger partial charge in [0, 0.05) is 18.7 Å². The summed E-state index contributed by atoms with van der Waals surface area (Å²) in [6.45, 7) is 7.18. The molecule has 4 heteroatoms. The third kappa shape index (κ3) is 6.03. The van der Waals surface area contributed by atoms with Crippen LogP contribution in [0, 0.1) is 5.92 Å².